The van der Waals surface area contributed by atoms with E-state index in [1.54, 1.807) is 30.3 Å². The molecule has 4 aliphatic rings. The first-order valence-electron chi connectivity index (χ1n) is 25.7. The van der Waals surface area contributed by atoms with Gasteiger partial charge in [0.2, 0.25) is 31.9 Å². The topological polar surface area (TPSA) is 167 Å². The molecule has 77 heavy (non-hydrogen) atoms. The first-order valence-corrected chi connectivity index (χ1v) is 29.0. The molecule has 2 saturated heterocycles. The third-order valence-electron chi connectivity index (χ3n) is 15.4. The van der Waals surface area contributed by atoms with Crippen LogP contribution in [0.2, 0.25) is 5.02 Å². The Bertz CT molecular complexity index is 3330. The molecule has 2 aromatic heterocycles. The van der Waals surface area contributed by atoms with E-state index < -0.39 is 56.9 Å². The van der Waals surface area contributed by atoms with E-state index in [1.807, 2.05) is 90.0 Å². The zero-order valence-corrected chi connectivity index (χ0v) is 44.8. The number of fused-ring (bicyclic) bond motifs is 2. The Balaban J connectivity index is 0.000000188. The van der Waals surface area contributed by atoms with Crippen LogP contribution in [0.25, 0.3) is 44.3 Å². The van der Waals surface area contributed by atoms with E-state index in [-0.39, 0.29) is 72.3 Å². The fourth-order valence-electron chi connectivity index (χ4n) is 11.2. The molecule has 23 heteroatoms. The number of halogens is 7. The second-order valence-electron chi connectivity index (χ2n) is 20.4. The third kappa shape index (κ3) is 12.5. The number of piperazine rings is 2. The number of carbonyl (C=O) groups is 2. The summed E-state index contributed by atoms with van der Waals surface area (Å²) in [5.41, 5.74) is 5.22. The molecule has 6 aromatic rings. The minimum atomic E-state index is -4.41. The summed E-state index contributed by atoms with van der Waals surface area (Å²) in [7, 11) is -3.90. The van der Waals surface area contributed by atoms with E-state index >= 15 is 0 Å². The highest BCUT2D eigenvalue weighted by Gasteiger charge is 2.45. The summed E-state index contributed by atoms with van der Waals surface area (Å²) in [5.74, 6) is -1.35. The summed E-state index contributed by atoms with van der Waals surface area (Å²) < 4.78 is 141. The van der Waals surface area contributed by atoms with Crippen LogP contribution < -0.4 is 20.1 Å². The van der Waals surface area contributed by atoms with Crippen molar-refractivity contribution in [2.75, 3.05) is 39.3 Å². The first kappa shape index (κ1) is 56.2. The van der Waals surface area contributed by atoms with Gasteiger partial charge in [0.1, 0.15) is 12.1 Å². The summed E-state index contributed by atoms with van der Waals surface area (Å²) in [5, 5.41) is 7.07. The lowest BCUT2D eigenvalue weighted by molar-refractivity contribution is -0.170. The molecule has 0 spiro atoms. The van der Waals surface area contributed by atoms with Gasteiger partial charge in [-0.1, -0.05) is 78.3 Å². The van der Waals surface area contributed by atoms with Crippen LogP contribution in [0.1, 0.15) is 51.4 Å². The second-order valence-corrected chi connectivity index (χ2v) is 24.3. The Morgan fingerprint density at radius 1 is 0.571 bits per heavy atom. The van der Waals surface area contributed by atoms with Gasteiger partial charge in [-0.15, -0.1) is 0 Å². The molecule has 10 rings (SSSR count). The van der Waals surface area contributed by atoms with Gasteiger partial charge in [-0.05, 0) is 98.9 Å². The number of carbonyl (C=O) groups excluding carboxylic acids is 2. The van der Waals surface area contributed by atoms with Gasteiger partial charge in [0, 0.05) is 99.3 Å². The Labute approximate surface area is 448 Å². The van der Waals surface area contributed by atoms with Gasteiger partial charge < -0.3 is 29.6 Å². The van der Waals surface area contributed by atoms with Crippen LogP contribution in [-0.4, -0.2) is 123 Å². The van der Waals surface area contributed by atoms with E-state index in [4.69, 9.17) is 11.6 Å². The summed E-state index contributed by atoms with van der Waals surface area (Å²) in [6, 6.07) is 27.3. The van der Waals surface area contributed by atoms with Crippen molar-refractivity contribution in [1.29, 1.82) is 0 Å². The average Bonchev–Trinajstić information content (AvgIpc) is 3.92. The maximum atomic E-state index is 13.3. The van der Waals surface area contributed by atoms with Gasteiger partial charge in [-0.25, -0.2) is 26.3 Å². The third-order valence-corrected chi connectivity index (χ3v) is 18.8. The van der Waals surface area contributed by atoms with Crippen molar-refractivity contribution in [3.8, 4) is 22.5 Å². The summed E-state index contributed by atoms with van der Waals surface area (Å²) in [6.07, 6.45) is -5.34. The van der Waals surface area contributed by atoms with Crippen molar-refractivity contribution in [2.24, 2.45) is 25.9 Å². The van der Waals surface area contributed by atoms with Crippen molar-refractivity contribution in [2.45, 2.75) is 97.7 Å². The quantitative estimate of drug-likeness (QED) is 0.0989. The van der Waals surface area contributed by atoms with Crippen LogP contribution in [-0.2, 0) is 43.7 Å². The number of rotatable bonds is 10. The highest BCUT2D eigenvalue weighted by Crippen LogP contribution is 2.39. The average molecular weight is 1130 g/mol. The van der Waals surface area contributed by atoms with Crippen LogP contribution in [0, 0.1) is 11.8 Å². The minimum absolute atomic E-state index is 0.0919. The van der Waals surface area contributed by atoms with Gasteiger partial charge in [-0.3, -0.25) is 9.59 Å². The fourth-order valence-corrected chi connectivity index (χ4v) is 14.2. The lowest BCUT2D eigenvalue weighted by Gasteiger charge is -2.38. The first-order chi connectivity index (χ1) is 36.5. The van der Waals surface area contributed by atoms with E-state index in [2.05, 4.69) is 20.1 Å². The molecular formula is C54H61ClF6N8O6S2. The van der Waals surface area contributed by atoms with E-state index in [9.17, 15) is 52.8 Å². The van der Waals surface area contributed by atoms with E-state index in [0.29, 0.717) is 61.9 Å². The molecule has 2 aliphatic heterocycles. The number of aryl methyl sites for hydroxylation is 2. The Hall–Kier alpha value is -5.49. The molecule has 2 saturated carbocycles. The number of aromatic nitrogens is 2. The molecule has 2 atom stereocenters. The molecule has 14 nitrogen and oxygen atoms in total. The predicted octanol–water partition coefficient (Wildman–Crippen LogP) is 8.74. The normalized spacial score (nSPS) is 22.9. The highest BCUT2D eigenvalue weighted by atomic mass is 35.5. The van der Waals surface area contributed by atoms with Crippen molar-refractivity contribution >= 4 is 65.3 Å². The van der Waals surface area contributed by atoms with Crippen LogP contribution in [0.5, 0.6) is 0 Å². The number of hydrogen-bond donors (Lipinski definition) is 4. The van der Waals surface area contributed by atoms with Gasteiger partial charge in [-0.2, -0.15) is 26.3 Å². The monoisotopic (exact) mass is 1130 g/mol. The van der Waals surface area contributed by atoms with Gasteiger partial charge >= 0.3 is 12.4 Å². The molecule has 414 valence electrons. The van der Waals surface area contributed by atoms with Crippen molar-refractivity contribution in [3.63, 3.8) is 0 Å². The SMILES string of the molecule is Cn1c(-c2ccccc2)c(Cl)c2ccc(S(=O)(=O)NC3CCC(C(=O)N4CCN[C@H](C(F)(F)F)C4)CC3)cc21.Cn1c(-c2ccccc2)cc2ccc(S(=O)(=O)NC3CCC(C(=O)N4CCN[C@H](C(F)(F)F)C4)CC3)cc21. The standard InChI is InChI=1S/C27H30ClF3N4O3S.C27H31F3N4O3S/c1-34-22-15-20(11-12-21(22)24(28)25(34)17-5-3-2-4-6-17)39(37,38)33-19-9-7-18(8-10-19)26(36)35-14-13-32-23(16-35)27(29,30)31;1-33-23(18-5-3-2-4-6-18)15-20-9-12-22(16-24(20)33)38(36,37)32-21-10-7-19(8-11-21)26(35)34-14-13-31-25(17-34)27(28,29)30/h2-6,11-12,15,18-19,23,32-33H,7-10,13-14,16H2,1H3;2-6,9,12,15-16,19,21,25,31-32H,7-8,10-11,13-14,17H2,1H3/t18?,19?,23-;19?,21?,25-/m00/s1. The number of amides is 2. The van der Waals surface area contributed by atoms with Crippen LogP contribution in [0.4, 0.5) is 26.3 Å². The number of alkyl halides is 6. The molecule has 4 fully saturated rings. The number of nitrogens with one attached hydrogen (secondary N) is 4. The molecule has 2 aliphatic carbocycles. The van der Waals surface area contributed by atoms with Crippen molar-refractivity contribution in [1.82, 2.24) is 39.0 Å². The van der Waals surface area contributed by atoms with E-state index in [1.165, 1.54) is 15.9 Å². The van der Waals surface area contributed by atoms with Crippen molar-refractivity contribution in [3.05, 3.63) is 108 Å². The molecule has 2 amide bonds. The Morgan fingerprint density at radius 3 is 1.48 bits per heavy atom. The maximum Gasteiger partial charge on any atom is 0.405 e. The summed E-state index contributed by atoms with van der Waals surface area (Å²) in [6.45, 7) is -0.117. The second kappa shape index (κ2) is 22.7. The predicted molar refractivity (Wildman–Crippen MR) is 283 cm³/mol. The molecule has 0 bridgehead atoms. The molecule has 0 radical (unpaired) electrons. The Kier molecular flexibility index (Phi) is 16.6. The number of benzene rings is 4. The van der Waals surface area contributed by atoms with Crippen LogP contribution in [0.3, 0.4) is 0 Å². The summed E-state index contributed by atoms with van der Waals surface area (Å²) >= 11 is 6.67. The zero-order valence-electron chi connectivity index (χ0n) is 42.4. The smallest absolute Gasteiger partial charge is 0.344 e. The van der Waals surface area contributed by atoms with Crippen LogP contribution >= 0.6 is 11.6 Å². The maximum absolute atomic E-state index is 13.3. The number of hydrogen-bond acceptors (Lipinski definition) is 8. The molecule has 4 heterocycles. The molecular weight excluding hydrogens is 1070 g/mol. The lowest BCUT2D eigenvalue weighted by Crippen LogP contribution is -2.59. The number of sulfonamides is 2. The van der Waals surface area contributed by atoms with Gasteiger partial charge in [0.05, 0.1) is 26.0 Å². The van der Waals surface area contributed by atoms with E-state index in [0.717, 1.165) is 38.8 Å². The Morgan fingerprint density at radius 2 is 1.01 bits per heavy atom. The zero-order chi connectivity index (χ0) is 55.0. The van der Waals surface area contributed by atoms with Crippen LogP contribution in [0.15, 0.2) is 113 Å². The fraction of sp³-hybridized carbons (Fsp3) is 0.444. The lowest BCUT2D eigenvalue weighted by atomic mass is 9.85. The molecule has 0 unspecified atom stereocenters. The van der Waals surface area contributed by atoms with Gasteiger partial charge in [0.15, 0.2) is 0 Å². The molecule has 4 N–H and O–H groups in total. The number of nitrogens with zero attached hydrogens (tertiary/aromatic N) is 4. The largest absolute Gasteiger partial charge is 0.405 e. The van der Waals surface area contributed by atoms with Crippen molar-refractivity contribution < 1.29 is 52.8 Å². The summed E-state index contributed by atoms with van der Waals surface area (Å²) in [4.78, 5) is 28.7. The minimum Gasteiger partial charge on any atom is -0.344 e. The van der Waals surface area contributed by atoms with Gasteiger partial charge in [0.25, 0.3) is 0 Å². The highest BCUT2D eigenvalue weighted by molar-refractivity contribution is 7.89. The molecule has 4 aromatic carbocycles.